The highest BCUT2D eigenvalue weighted by Crippen LogP contribution is 2.48. The molecule has 0 heterocycles. The van der Waals surface area contributed by atoms with Gasteiger partial charge in [0, 0.05) is 21.2 Å². The van der Waals surface area contributed by atoms with Crippen LogP contribution in [0.1, 0.15) is 22.3 Å². The van der Waals surface area contributed by atoms with Crippen molar-refractivity contribution in [3.8, 4) is 11.5 Å². The largest absolute Gasteiger partial charge is 0.485 e. The third-order valence-corrected chi connectivity index (χ3v) is 16.5. The Bertz CT molecular complexity index is 2020. The molecule has 0 aliphatic rings. The summed E-state index contributed by atoms with van der Waals surface area (Å²) in [5, 5.41) is 3.86. The first-order valence-electron chi connectivity index (χ1n) is 16.9. The molecule has 0 radical (unpaired) electrons. The number of ether oxygens (including phenoxy) is 2. The molecule has 0 amide bonds. The Morgan fingerprint density at radius 3 is 0.922 bits per heavy atom. The van der Waals surface area contributed by atoms with Gasteiger partial charge in [0.15, 0.2) is 21.4 Å². The van der Waals surface area contributed by atoms with Crippen LogP contribution in [-0.2, 0) is 13.7 Å². The molecule has 0 spiro atoms. The van der Waals surface area contributed by atoms with Gasteiger partial charge in [-0.25, -0.2) is 0 Å². The minimum absolute atomic E-state index is 0.137. The molecule has 0 unspecified atom stereocenters. The average molecular weight is 733 g/mol. The Morgan fingerprint density at radius 2 is 0.647 bits per heavy atom. The number of hydrogen-bond donors (Lipinski definition) is 0. The van der Waals surface area contributed by atoms with Gasteiger partial charge >= 0.3 is 0 Å². The van der Waals surface area contributed by atoms with Crippen molar-refractivity contribution in [1.29, 1.82) is 0 Å². The Kier molecular flexibility index (Phi) is 10.8. The van der Waals surface area contributed by atoms with Gasteiger partial charge in [-0.15, -0.1) is 0 Å². The molecule has 0 bridgehead atoms. The van der Waals surface area contributed by atoms with Gasteiger partial charge < -0.3 is 23.2 Å². The van der Waals surface area contributed by atoms with Crippen LogP contribution in [0.4, 0.5) is 0 Å². The number of rotatable bonds is 12. The zero-order valence-electron chi connectivity index (χ0n) is 29.7. The quantitative estimate of drug-likeness (QED) is 0.118. The summed E-state index contributed by atoms with van der Waals surface area (Å²) in [5.41, 5.74) is 4.28. The van der Waals surface area contributed by atoms with Crippen LogP contribution in [0.15, 0.2) is 146 Å². The molecule has 0 atom stereocenters. The molecule has 260 valence electrons. The van der Waals surface area contributed by atoms with Crippen molar-refractivity contribution in [3.63, 3.8) is 0 Å². The average Bonchev–Trinajstić information content (AvgIpc) is 3.14. The van der Waals surface area contributed by atoms with Gasteiger partial charge in [0.2, 0.25) is 0 Å². The van der Waals surface area contributed by atoms with E-state index in [4.69, 9.17) is 9.47 Å². The summed E-state index contributed by atoms with van der Waals surface area (Å²) < 4.78 is 57.4. The second kappa shape index (κ2) is 15.1. The van der Waals surface area contributed by atoms with E-state index in [1.165, 1.54) is 0 Å². The van der Waals surface area contributed by atoms with Crippen LogP contribution in [0.5, 0.6) is 11.5 Å². The summed E-state index contributed by atoms with van der Waals surface area (Å²) in [4.78, 5) is 0. The first kappa shape index (κ1) is 36.4. The van der Waals surface area contributed by atoms with Crippen molar-refractivity contribution < 1.29 is 23.2 Å². The van der Waals surface area contributed by atoms with E-state index in [1.54, 1.807) is 18.8 Å². The molecule has 8 heteroatoms. The van der Waals surface area contributed by atoms with E-state index in [2.05, 4.69) is 0 Å². The predicted molar refractivity (Wildman–Crippen MR) is 215 cm³/mol. The van der Waals surface area contributed by atoms with E-state index in [9.17, 15) is 4.57 Å². The molecule has 0 aliphatic heterocycles. The van der Waals surface area contributed by atoms with Crippen molar-refractivity contribution >= 4 is 53.3 Å². The summed E-state index contributed by atoms with van der Waals surface area (Å²) in [5.74, 6) is 0.820. The fourth-order valence-electron chi connectivity index (χ4n) is 6.00. The summed E-state index contributed by atoms with van der Waals surface area (Å²) in [6, 6.07) is 45.6. The Balaban J connectivity index is 1.29. The van der Waals surface area contributed by atoms with Crippen LogP contribution in [0.2, 0.25) is 0 Å². The lowest BCUT2D eigenvalue weighted by Gasteiger charge is -2.25. The zero-order chi connectivity index (χ0) is 36.2. The molecule has 6 aromatic carbocycles. The fraction of sp³-hybridized carbons (Fsp3) is 0.163. The van der Waals surface area contributed by atoms with Crippen LogP contribution in [-0.4, -0.2) is 19.4 Å². The third kappa shape index (κ3) is 7.78. The SMILES string of the molecule is Cc1ccc(P(=O)(c2ccc(C)cc2)c2ccccc2OCP(C)(=O)COc2ccccc2P(=O)(c2ccc(C)cc2)c2ccc(C)cc2)cc1. The number of hydrogen-bond acceptors (Lipinski definition) is 5. The molecule has 0 saturated carbocycles. The molecule has 6 aromatic rings. The molecular formula is C43H43O5P3. The van der Waals surface area contributed by atoms with Gasteiger partial charge in [-0.1, -0.05) is 144 Å². The van der Waals surface area contributed by atoms with Crippen LogP contribution in [0, 0.1) is 27.7 Å². The monoisotopic (exact) mass is 732 g/mol. The third-order valence-electron chi connectivity index (χ3n) is 8.99. The second-order valence-electron chi connectivity index (χ2n) is 13.3. The second-order valence-corrected chi connectivity index (χ2v) is 21.9. The van der Waals surface area contributed by atoms with E-state index in [0.717, 1.165) is 22.3 Å². The van der Waals surface area contributed by atoms with Crippen molar-refractivity contribution in [2.45, 2.75) is 27.7 Å². The van der Waals surface area contributed by atoms with E-state index in [0.29, 0.717) is 43.3 Å². The molecule has 0 N–H and O–H groups in total. The molecule has 0 aromatic heterocycles. The van der Waals surface area contributed by atoms with Crippen LogP contribution >= 0.6 is 21.4 Å². The van der Waals surface area contributed by atoms with E-state index in [-0.39, 0.29) is 12.7 Å². The lowest BCUT2D eigenvalue weighted by Crippen LogP contribution is -2.27. The van der Waals surface area contributed by atoms with Crippen LogP contribution in [0.3, 0.4) is 0 Å². The lowest BCUT2D eigenvalue weighted by atomic mass is 10.2. The number of benzene rings is 6. The number of para-hydroxylation sites is 2. The highest BCUT2D eigenvalue weighted by molar-refractivity contribution is 7.86. The van der Waals surface area contributed by atoms with Crippen molar-refractivity contribution in [1.82, 2.24) is 0 Å². The first-order valence-corrected chi connectivity index (χ1v) is 22.8. The van der Waals surface area contributed by atoms with E-state index >= 15 is 9.13 Å². The predicted octanol–water partition coefficient (Wildman–Crippen LogP) is 8.56. The van der Waals surface area contributed by atoms with Gasteiger partial charge in [0.1, 0.15) is 24.2 Å². The highest BCUT2D eigenvalue weighted by Gasteiger charge is 2.35. The number of aryl methyl sites for hydroxylation is 4. The maximum absolute atomic E-state index is 15.3. The maximum Gasteiger partial charge on any atom is 0.174 e. The Morgan fingerprint density at radius 1 is 0.392 bits per heavy atom. The molecule has 0 aliphatic carbocycles. The topological polar surface area (TPSA) is 69.7 Å². The maximum atomic E-state index is 15.3. The fourth-order valence-corrected chi connectivity index (χ4v) is 12.4. The Hall–Kier alpha value is -4.39. The smallest absolute Gasteiger partial charge is 0.174 e. The first-order chi connectivity index (χ1) is 24.4. The molecule has 6 rings (SSSR count). The summed E-state index contributed by atoms with van der Waals surface area (Å²) >= 11 is 0. The minimum atomic E-state index is -3.37. The Labute approximate surface area is 301 Å². The van der Waals surface area contributed by atoms with E-state index < -0.39 is 21.4 Å². The summed E-state index contributed by atoms with van der Waals surface area (Å²) in [7, 11) is -9.84. The van der Waals surface area contributed by atoms with Gasteiger partial charge in [0.25, 0.3) is 0 Å². The van der Waals surface area contributed by atoms with Gasteiger partial charge in [0.05, 0.1) is 10.6 Å². The van der Waals surface area contributed by atoms with Crippen LogP contribution in [0.25, 0.3) is 0 Å². The summed E-state index contributed by atoms with van der Waals surface area (Å²) in [6.45, 7) is 9.64. The van der Waals surface area contributed by atoms with Gasteiger partial charge in [-0.2, -0.15) is 0 Å². The zero-order valence-corrected chi connectivity index (χ0v) is 32.3. The molecule has 0 fully saturated rings. The normalized spacial score (nSPS) is 12.0. The molecular weight excluding hydrogens is 689 g/mol. The van der Waals surface area contributed by atoms with Gasteiger partial charge in [-0.05, 0) is 58.6 Å². The molecule has 51 heavy (non-hydrogen) atoms. The van der Waals surface area contributed by atoms with Crippen molar-refractivity contribution in [3.05, 3.63) is 168 Å². The lowest BCUT2D eigenvalue weighted by molar-refractivity contribution is 0.349. The van der Waals surface area contributed by atoms with Gasteiger partial charge in [-0.3, -0.25) is 0 Å². The summed E-state index contributed by atoms with van der Waals surface area (Å²) in [6.07, 6.45) is -0.275. The minimum Gasteiger partial charge on any atom is -0.485 e. The molecule has 5 nitrogen and oxygen atoms in total. The van der Waals surface area contributed by atoms with Crippen LogP contribution < -0.4 is 41.3 Å². The molecule has 0 saturated heterocycles. The van der Waals surface area contributed by atoms with E-state index in [1.807, 2.05) is 161 Å². The van der Waals surface area contributed by atoms with Crippen molar-refractivity contribution in [2.24, 2.45) is 0 Å². The van der Waals surface area contributed by atoms with Crippen molar-refractivity contribution in [2.75, 3.05) is 19.4 Å². The highest BCUT2D eigenvalue weighted by atomic mass is 31.2. The standard InChI is InChI=1S/C43H43O5P3/c1-32-14-22-36(23-15-32)50(45,37-24-16-33(2)17-25-37)42-12-8-6-10-40(42)47-30-49(5,44)31-48-41-11-7-9-13-43(41)51(46,38-26-18-34(3)19-27-38)39-28-20-35(4)21-29-39/h6-29H,30-31H2,1-5H3.